The van der Waals surface area contributed by atoms with Crippen LogP contribution in [0.1, 0.15) is 38.5 Å². The molecular formula is C12H24N2. The highest BCUT2D eigenvalue weighted by atomic mass is 15.1. The Morgan fingerprint density at radius 3 is 2.29 bits per heavy atom. The standard InChI is InChI=1S/C12H24N2/c1-14(8-10-4-2-5-10)9-11-6-3-7-12(11)13/h10-12H,2-9,13H2,1H3. The molecule has 2 saturated carbocycles. The second kappa shape index (κ2) is 4.63. The summed E-state index contributed by atoms with van der Waals surface area (Å²) in [7, 11) is 2.27. The average Bonchev–Trinajstić information content (AvgIpc) is 2.45. The van der Waals surface area contributed by atoms with E-state index in [4.69, 9.17) is 5.73 Å². The first-order valence-corrected chi connectivity index (χ1v) is 6.20. The van der Waals surface area contributed by atoms with Crippen molar-refractivity contribution >= 4 is 0 Å². The summed E-state index contributed by atoms with van der Waals surface area (Å²) in [5.74, 6) is 1.78. The Labute approximate surface area is 87.8 Å². The minimum absolute atomic E-state index is 0.485. The zero-order valence-electron chi connectivity index (χ0n) is 9.41. The largest absolute Gasteiger partial charge is 0.327 e. The predicted molar refractivity (Wildman–Crippen MR) is 60.2 cm³/mol. The van der Waals surface area contributed by atoms with Crippen molar-refractivity contribution in [3.05, 3.63) is 0 Å². The Morgan fingerprint density at radius 2 is 1.79 bits per heavy atom. The van der Waals surface area contributed by atoms with Crippen LogP contribution in [0.15, 0.2) is 0 Å². The van der Waals surface area contributed by atoms with E-state index < -0.39 is 0 Å². The number of nitrogens with zero attached hydrogens (tertiary/aromatic N) is 1. The molecule has 0 radical (unpaired) electrons. The van der Waals surface area contributed by atoms with E-state index in [-0.39, 0.29) is 0 Å². The fourth-order valence-corrected chi connectivity index (χ4v) is 2.88. The third-order valence-electron chi connectivity index (χ3n) is 4.06. The Morgan fingerprint density at radius 1 is 1.07 bits per heavy atom. The summed E-state index contributed by atoms with van der Waals surface area (Å²) >= 11 is 0. The van der Waals surface area contributed by atoms with E-state index in [2.05, 4.69) is 11.9 Å². The van der Waals surface area contributed by atoms with E-state index in [0.717, 1.165) is 11.8 Å². The molecule has 0 amide bonds. The van der Waals surface area contributed by atoms with Crippen molar-refractivity contribution in [2.75, 3.05) is 20.1 Å². The summed E-state index contributed by atoms with van der Waals surface area (Å²) in [6.07, 6.45) is 8.34. The van der Waals surface area contributed by atoms with E-state index in [1.165, 1.54) is 51.6 Å². The monoisotopic (exact) mass is 196 g/mol. The lowest BCUT2D eigenvalue weighted by Gasteiger charge is -2.32. The van der Waals surface area contributed by atoms with Crippen LogP contribution >= 0.6 is 0 Å². The van der Waals surface area contributed by atoms with Crippen molar-refractivity contribution in [2.45, 2.75) is 44.6 Å². The zero-order valence-corrected chi connectivity index (χ0v) is 9.41. The van der Waals surface area contributed by atoms with Crippen LogP contribution in [0.2, 0.25) is 0 Å². The van der Waals surface area contributed by atoms with Gasteiger partial charge in [-0.05, 0) is 44.6 Å². The molecule has 0 spiro atoms. The van der Waals surface area contributed by atoms with E-state index in [9.17, 15) is 0 Å². The third kappa shape index (κ3) is 2.48. The Kier molecular flexibility index (Phi) is 3.45. The van der Waals surface area contributed by atoms with Crippen LogP contribution in [0.3, 0.4) is 0 Å². The lowest BCUT2D eigenvalue weighted by atomic mass is 9.85. The van der Waals surface area contributed by atoms with Crippen molar-refractivity contribution in [1.29, 1.82) is 0 Å². The van der Waals surface area contributed by atoms with Gasteiger partial charge in [-0.2, -0.15) is 0 Å². The molecule has 2 aliphatic carbocycles. The second-order valence-corrected chi connectivity index (χ2v) is 5.37. The van der Waals surface area contributed by atoms with Crippen LogP contribution in [-0.2, 0) is 0 Å². The van der Waals surface area contributed by atoms with Gasteiger partial charge in [-0.25, -0.2) is 0 Å². The van der Waals surface area contributed by atoms with Gasteiger partial charge in [0.1, 0.15) is 0 Å². The van der Waals surface area contributed by atoms with E-state index in [1.807, 2.05) is 0 Å². The van der Waals surface area contributed by atoms with Gasteiger partial charge in [0.15, 0.2) is 0 Å². The van der Waals surface area contributed by atoms with Gasteiger partial charge in [0.2, 0.25) is 0 Å². The number of nitrogens with two attached hydrogens (primary N) is 1. The molecule has 2 aliphatic rings. The first-order chi connectivity index (χ1) is 6.75. The van der Waals surface area contributed by atoms with Crippen molar-refractivity contribution < 1.29 is 0 Å². The zero-order chi connectivity index (χ0) is 9.97. The predicted octanol–water partition coefficient (Wildman–Crippen LogP) is 1.85. The number of hydrogen-bond donors (Lipinski definition) is 1. The van der Waals surface area contributed by atoms with Crippen LogP contribution < -0.4 is 5.73 Å². The van der Waals surface area contributed by atoms with Crippen LogP contribution in [0, 0.1) is 11.8 Å². The maximum Gasteiger partial charge on any atom is 0.00793 e. The maximum absolute atomic E-state index is 6.08. The van der Waals surface area contributed by atoms with Crippen LogP contribution in [-0.4, -0.2) is 31.1 Å². The van der Waals surface area contributed by atoms with Gasteiger partial charge < -0.3 is 10.6 Å². The maximum atomic E-state index is 6.08. The van der Waals surface area contributed by atoms with Gasteiger partial charge in [0.05, 0.1) is 0 Å². The topological polar surface area (TPSA) is 29.3 Å². The molecule has 0 heterocycles. The van der Waals surface area contributed by atoms with Gasteiger partial charge in [0.25, 0.3) is 0 Å². The van der Waals surface area contributed by atoms with Crippen molar-refractivity contribution in [3.63, 3.8) is 0 Å². The fraction of sp³-hybridized carbons (Fsp3) is 1.00. The molecule has 2 nitrogen and oxygen atoms in total. The van der Waals surface area contributed by atoms with Gasteiger partial charge in [-0.15, -0.1) is 0 Å². The van der Waals surface area contributed by atoms with Gasteiger partial charge in [-0.1, -0.05) is 12.8 Å². The number of hydrogen-bond acceptors (Lipinski definition) is 2. The SMILES string of the molecule is CN(CC1CCC1)CC1CCCC1N. The summed E-state index contributed by atoms with van der Waals surface area (Å²) in [6, 6.07) is 0.485. The van der Waals surface area contributed by atoms with E-state index >= 15 is 0 Å². The molecule has 82 valence electrons. The lowest BCUT2D eigenvalue weighted by molar-refractivity contribution is 0.181. The minimum Gasteiger partial charge on any atom is -0.327 e. The smallest absolute Gasteiger partial charge is 0.00793 e. The quantitative estimate of drug-likeness (QED) is 0.743. The third-order valence-corrected chi connectivity index (χ3v) is 4.06. The van der Waals surface area contributed by atoms with Gasteiger partial charge in [-0.3, -0.25) is 0 Å². The van der Waals surface area contributed by atoms with Crippen LogP contribution in [0.25, 0.3) is 0 Å². The highest BCUT2D eigenvalue weighted by Gasteiger charge is 2.26. The van der Waals surface area contributed by atoms with Crippen LogP contribution in [0.5, 0.6) is 0 Å². The summed E-state index contributed by atoms with van der Waals surface area (Å²) < 4.78 is 0. The highest BCUT2D eigenvalue weighted by molar-refractivity contribution is 4.83. The normalized spacial score (nSPS) is 33.6. The Balaban J connectivity index is 1.67. The summed E-state index contributed by atoms with van der Waals surface area (Å²) in [5.41, 5.74) is 6.08. The molecular weight excluding hydrogens is 172 g/mol. The lowest BCUT2D eigenvalue weighted by Crippen LogP contribution is -2.37. The average molecular weight is 196 g/mol. The number of rotatable bonds is 4. The summed E-state index contributed by atoms with van der Waals surface area (Å²) in [4.78, 5) is 2.51. The minimum atomic E-state index is 0.485. The molecule has 0 aromatic heterocycles. The van der Waals surface area contributed by atoms with Crippen LogP contribution in [0.4, 0.5) is 0 Å². The molecule has 2 N–H and O–H groups in total. The molecule has 2 unspecified atom stereocenters. The van der Waals surface area contributed by atoms with Crippen molar-refractivity contribution in [3.8, 4) is 0 Å². The Bertz CT molecular complexity index is 177. The first kappa shape index (κ1) is 10.4. The molecule has 0 bridgehead atoms. The summed E-state index contributed by atoms with van der Waals surface area (Å²) in [6.45, 7) is 2.54. The van der Waals surface area contributed by atoms with E-state index in [1.54, 1.807) is 0 Å². The second-order valence-electron chi connectivity index (χ2n) is 5.37. The first-order valence-electron chi connectivity index (χ1n) is 6.20. The van der Waals surface area contributed by atoms with Gasteiger partial charge in [0, 0.05) is 19.1 Å². The molecule has 0 aliphatic heterocycles. The fourth-order valence-electron chi connectivity index (χ4n) is 2.88. The molecule has 0 saturated heterocycles. The molecule has 14 heavy (non-hydrogen) atoms. The Hall–Kier alpha value is -0.0800. The van der Waals surface area contributed by atoms with Crippen molar-refractivity contribution in [2.24, 2.45) is 17.6 Å². The molecule has 0 aromatic rings. The van der Waals surface area contributed by atoms with E-state index in [0.29, 0.717) is 6.04 Å². The molecule has 2 fully saturated rings. The van der Waals surface area contributed by atoms with Gasteiger partial charge >= 0.3 is 0 Å². The van der Waals surface area contributed by atoms with Crippen molar-refractivity contribution in [1.82, 2.24) is 4.90 Å². The molecule has 2 heteroatoms. The highest BCUT2D eigenvalue weighted by Crippen LogP contribution is 2.28. The molecule has 2 rings (SSSR count). The molecule has 2 atom stereocenters. The summed E-state index contributed by atoms with van der Waals surface area (Å²) in [5, 5.41) is 0. The molecule has 0 aromatic carbocycles.